The van der Waals surface area contributed by atoms with Gasteiger partial charge in [0.1, 0.15) is 11.3 Å². The van der Waals surface area contributed by atoms with E-state index < -0.39 is 40.8 Å². The molecule has 0 saturated carbocycles. The van der Waals surface area contributed by atoms with Gasteiger partial charge in [-0.2, -0.15) is 26.3 Å². The Kier molecular flexibility index (Phi) is 7.31. The first-order valence-electron chi connectivity index (χ1n) is 13.4. The lowest BCUT2D eigenvalue weighted by Gasteiger charge is -2.23. The van der Waals surface area contributed by atoms with Crippen LogP contribution in [0.2, 0.25) is 0 Å². The Morgan fingerprint density at radius 3 is 1.89 bits per heavy atom. The molecule has 0 heterocycles. The summed E-state index contributed by atoms with van der Waals surface area (Å²) in [5.74, 6) is -1.35. The normalized spacial score (nSPS) is 12.6. The molecule has 0 aliphatic carbocycles. The second-order valence-corrected chi connectivity index (χ2v) is 11.6. The summed E-state index contributed by atoms with van der Waals surface area (Å²) < 4.78 is 87.5. The fraction of sp³-hybridized carbons (Fsp3) is 0.206. The quantitative estimate of drug-likeness (QED) is 0.121. The summed E-state index contributed by atoms with van der Waals surface area (Å²) in [4.78, 5) is 12.8. The van der Waals surface area contributed by atoms with E-state index in [0.717, 1.165) is 12.7 Å². The lowest BCUT2D eigenvalue weighted by molar-refractivity contribution is -0.143. The summed E-state index contributed by atoms with van der Waals surface area (Å²) >= 11 is 0. The van der Waals surface area contributed by atoms with Crippen molar-refractivity contribution >= 4 is 33.2 Å². The fourth-order valence-corrected chi connectivity index (χ4v) is 5.36. The number of carbonyl (C=O) groups is 1. The molecule has 0 saturated heterocycles. The van der Waals surface area contributed by atoms with Gasteiger partial charge in [0, 0.05) is 22.4 Å². The van der Waals surface area contributed by atoms with E-state index in [2.05, 4.69) is 0 Å². The average molecular weight is 612 g/mol. The van der Waals surface area contributed by atoms with Gasteiger partial charge in [-0.1, -0.05) is 63.2 Å². The van der Waals surface area contributed by atoms with Crippen LogP contribution in [0.1, 0.15) is 47.8 Å². The zero-order valence-electron chi connectivity index (χ0n) is 24.0. The van der Waals surface area contributed by atoms with Crippen molar-refractivity contribution in [3.63, 3.8) is 0 Å². The Bertz CT molecular complexity index is 1920. The van der Waals surface area contributed by atoms with Crippen LogP contribution in [0.3, 0.4) is 0 Å². The average Bonchev–Trinajstić information content (AvgIpc) is 2.95. The number of benzene rings is 5. The number of ether oxygens (including phenoxy) is 1. The Labute approximate surface area is 248 Å². The Hall–Kier alpha value is -4.73. The van der Waals surface area contributed by atoms with Crippen molar-refractivity contribution in [3.8, 4) is 28.0 Å². The molecular formula is C34H27F6NO3. The first-order valence-corrected chi connectivity index (χ1v) is 13.4. The van der Waals surface area contributed by atoms with Gasteiger partial charge in [-0.25, -0.2) is 4.79 Å². The molecule has 0 amide bonds. The van der Waals surface area contributed by atoms with Crippen LogP contribution < -0.4 is 5.73 Å². The SMILES string of the molecule is COC(=O)c1cc2cc(C(C)(C)C)ccc2c(-c2c(N)c(-c3cc(C(F)(F)F)cc(C(F)(F)F)c3)cc3ccccc23)c1O. The van der Waals surface area contributed by atoms with Crippen LogP contribution in [0.15, 0.2) is 72.8 Å². The number of fused-ring (bicyclic) bond motifs is 2. The molecule has 0 aliphatic heterocycles. The van der Waals surface area contributed by atoms with Gasteiger partial charge in [-0.05, 0) is 68.4 Å². The molecule has 0 bridgehead atoms. The number of carbonyl (C=O) groups excluding carboxylic acids is 1. The molecule has 0 atom stereocenters. The first-order chi connectivity index (χ1) is 20.4. The van der Waals surface area contributed by atoms with E-state index in [4.69, 9.17) is 10.5 Å². The standard InChI is InChI=1S/C34H27F6NO3/c1-32(2,3)20-9-10-24-19(11-20)15-26(31(43)44-4)30(42)28(24)27-23-8-6-5-7-17(23)14-25(29(27)41)18-12-21(33(35,36)37)16-22(13-18)34(38,39)40/h5-16,42H,41H2,1-4H3. The number of phenols is 1. The van der Waals surface area contributed by atoms with Gasteiger partial charge in [-0.15, -0.1) is 0 Å². The van der Waals surface area contributed by atoms with E-state index in [1.807, 2.05) is 32.9 Å². The molecular weight excluding hydrogens is 584 g/mol. The van der Waals surface area contributed by atoms with Crippen LogP contribution in [0, 0.1) is 0 Å². The number of alkyl halides is 6. The van der Waals surface area contributed by atoms with Gasteiger partial charge >= 0.3 is 18.3 Å². The molecule has 228 valence electrons. The molecule has 44 heavy (non-hydrogen) atoms. The van der Waals surface area contributed by atoms with Crippen LogP contribution in [-0.4, -0.2) is 18.2 Å². The minimum atomic E-state index is -5.07. The second-order valence-electron chi connectivity index (χ2n) is 11.6. The maximum atomic E-state index is 13.8. The molecule has 10 heteroatoms. The van der Waals surface area contributed by atoms with E-state index in [0.29, 0.717) is 33.7 Å². The lowest BCUT2D eigenvalue weighted by atomic mass is 9.83. The summed E-state index contributed by atoms with van der Waals surface area (Å²) in [6, 6.07) is 16.2. The number of phenolic OH excluding ortho intramolecular Hbond substituents is 1. The maximum Gasteiger partial charge on any atom is 0.416 e. The number of anilines is 1. The van der Waals surface area contributed by atoms with Gasteiger partial charge in [0.05, 0.1) is 18.2 Å². The van der Waals surface area contributed by atoms with Crippen molar-refractivity contribution in [3.05, 3.63) is 95.1 Å². The van der Waals surface area contributed by atoms with Gasteiger partial charge in [-0.3, -0.25) is 0 Å². The van der Waals surface area contributed by atoms with Crippen molar-refractivity contribution in [1.82, 2.24) is 0 Å². The van der Waals surface area contributed by atoms with Crippen molar-refractivity contribution in [2.75, 3.05) is 12.8 Å². The minimum absolute atomic E-state index is 0.0492. The largest absolute Gasteiger partial charge is 0.506 e. The van der Waals surface area contributed by atoms with Crippen molar-refractivity contribution < 1.29 is 41.0 Å². The summed E-state index contributed by atoms with van der Waals surface area (Å²) in [6.45, 7) is 5.99. The third-order valence-electron chi connectivity index (χ3n) is 7.62. The highest BCUT2D eigenvalue weighted by molar-refractivity contribution is 6.16. The summed E-state index contributed by atoms with van der Waals surface area (Å²) in [5, 5.41) is 13.4. The highest BCUT2D eigenvalue weighted by atomic mass is 19.4. The van der Waals surface area contributed by atoms with E-state index >= 15 is 0 Å². The van der Waals surface area contributed by atoms with Crippen LogP contribution in [0.4, 0.5) is 32.0 Å². The molecule has 5 aromatic rings. The fourth-order valence-electron chi connectivity index (χ4n) is 5.36. The highest BCUT2D eigenvalue weighted by Gasteiger charge is 2.37. The lowest BCUT2D eigenvalue weighted by Crippen LogP contribution is -2.11. The number of methoxy groups -OCH3 is 1. The van der Waals surface area contributed by atoms with E-state index in [1.165, 1.54) is 12.1 Å². The van der Waals surface area contributed by atoms with E-state index in [-0.39, 0.29) is 39.4 Å². The zero-order valence-corrected chi connectivity index (χ0v) is 24.0. The van der Waals surface area contributed by atoms with Crippen LogP contribution in [0.5, 0.6) is 5.75 Å². The molecule has 0 aromatic heterocycles. The summed E-state index contributed by atoms with van der Waals surface area (Å²) in [7, 11) is 1.15. The highest BCUT2D eigenvalue weighted by Crippen LogP contribution is 2.49. The molecule has 0 aliphatic rings. The summed E-state index contributed by atoms with van der Waals surface area (Å²) in [5.41, 5.74) is 3.62. The van der Waals surface area contributed by atoms with Crippen LogP contribution in [-0.2, 0) is 22.5 Å². The number of aromatic hydroxyl groups is 1. The van der Waals surface area contributed by atoms with Crippen molar-refractivity contribution in [2.24, 2.45) is 0 Å². The monoisotopic (exact) mass is 611 g/mol. The molecule has 5 aromatic carbocycles. The maximum absolute atomic E-state index is 13.8. The minimum Gasteiger partial charge on any atom is -0.506 e. The van der Waals surface area contributed by atoms with E-state index in [9.17, 15) is 36.2 Å². The second kappa shape index (κ2) is 10.5. The Morgan fingerprint density at radius 2 is 1.32 bits per heavy atom. The molecule has 3 N–H and O–H groups in total. The molecule has 0 unspecified atom stereocenters. The van der Waals surface area contributed by atoms with Crippen molar-refractivity contribution in [1.29, 1.82) is 0 Å². The number of halogens is 6. The van der Waals surface area contributed by atoms with Gasteiger partial charge in [0.25, 0.3) is 0 Å². The smallest absolute Gasteiger partial charge is 0.416 e. The zero-order chi connectivity index (χ0) is 32.4. The predicted octanol–water partition coefficient (Wildman–Crippen LogP) is 9.74. The molecule has 5 rings (SSSR count). The van der Waals surface area contributed by atoms with Gasteiger partial charge < -0.3 is 15.6 Å². The van der Waals surface area contributed by atoms with Crippen LogP contribution >= 0.6 is 0 Å². The first kappa shape index (κ1) is 30.7. The number of esters is 1. The molecule has 0 fully saturated rings. The molecule has 0 spiro atoms. The number of nitrogen functional groups attached to an aromatic ring is 1. The van der Waals surface area contributed by atoms with Crippen molar-refractivity contribution in [2.45, 2.75) is 38.5 Å². The number of hydrogen-bond acceptors (Lipinski definition) is 4. The number of rotatable bonds is 3. The van der Waals surface area contributed by atoms with Crippen LogP contribution in [0.25, 0.3) is 43.8 Å². The number of hydrogen-bond donors (Lipinski definition) is 2. The summed E-state index contributed by atoms with van der Waals surface area (Å²) in [6.07, 6.45) is -10.1. The molecule has 4 nitrogen and oxygen atoms in total. The topological polar surface area (TPSA) is 72.5 Å². The Balaban J connectivity index is 1.95. The van der Waals surface area contributed by atoms with Gasteiger partial charge in [0.2, 0.25) is 0 Å². The predicted molar refractivity (Wildman–Crippen MR) is 158 cm³/mol. The third-order valence-corrected chi connectivity index (χ3v) is 7.62. The Morgan fingerprint density at radius 1 is 0.727 bits per heavy atom. The third kappa shape index (κ3) is 5.40. The van der Waals surface area contributed by atoms with E-state index in [1.54, 1.807) is 30.3 Å². The molecule has 0 radical (unpaired) electrons. The number of nitrogens with two attached hydrogens (primary N) is 1. The van der Waals surface area contributed by atoms with Gasteiger partial charge in [0.15, 0.2) is 0 Å².